The topological polar surface area (TPSA) is 48.0 Å². The van der Waals surface area contributed by atoms with Crippen molar-refractivity contribution < 1.29 is 19.0 Å². The van der Waals surface area contributed by atoms with Crippen LogP contribution in [0.3, 0.4) is 0 Å². The molecule has 0 bridgehead atoms. The van der Waals surface area contributed by atoms with Crippen LogP contribution in [0.4, 0.5) is 0 Å². The number of hydrogen-bond donors (Lipinski definition) is 0. The summed E-state index contributed by atoms with van der Waals surface area (Å²) in [4.78, 5) is 15.1. The van der Waals surface area contributed by atoms with Crippen molar-refractivity contribution in [2.24, 2.45) is 0 Å². The van der Waals surface area contributed by atoms with Crippen LogP contribution in [0.15, 0.2) is 36.4 Å². The Morgan fingerprint density at radius 1 is 1.14 bits per heavy atom. The Morgan fingerprint density at radius 2 is 1.86 bits per heavy atom. The van der Waals surface area contributed by atoms with Gasteiger partial charge in [-0.25, -0.2) is 0 Å². The van der Waals surface area contributed by atoms with Gasteiger partial charge in [0, 0.05) is 12.1 Å². The van der Waals surface area contributed by atoms with E-state index in [1.807, 2.05) is 43.0 Å². The van der Waals surface area contributed by atoms with E-state index >= 15 is 0 Å². The van der Waals surface area contributed by atoms with E-state index in [4.69, 9.17) is 25.8 Å². The molecule has 0 aromatic heterocycles. The zero-order valence-electron chi connectivity index (χ0n) is 16.5. The first-order valence-corrected chi connectivity index (χ1v) is 10.0. The third-order valence-corrected chi connectivity index (χ3v) is 5.14. The predicted molar refractivity (Wildman–Crippen MR) is 110 cm³/mol. The Morgan fingerprint density at radius 3 is 2.50 bits per heavy atom. The summed E-state index contributed by atoms with van der Waals surface area (Å²) in [6.07, 6.45) is 1.90. The summed E-state index contributed by atoms with van der Waals surface area (Å²) in [5, 5.41) is 0.376. The lowest BCUT2D eigenvalue weighted by atomic mass is 10.0. The van der Waals surface area contributed by atoms with Gasteiger partial charge in [0.25, 0.3) is 5.91 Å². The lowest BCUT2D eigenvalue weighted by molar-refractivity contribution is 0.0735. The van der Waals surface area contributed by atoms with Crippen molar-refractivity contribution in [3.8, 4) is 17.2 Å². The molecule has 0 unspecified atom stereocenters. The average Bonchev–Trinajstić information content (AvgIpc) is 3.19. The normalized spacial score (nSPS) is 16.1. The molecule has 28 heavy (non-hydrogen) atoms. The molecule has 5 nitrogen and oxygen atoms in total. The molecule has 1 atom stereocenters. The molecule has 150 valence electrons. The molecule has 0 aliphatic carbocycles. The lowest BCUT2D eigenvalue weighted by Crippen LogP contribution is -2.30. The van der Waals surface area contributed by atoms with Crippen molar-refractivity contribution in [2.45, 2.75) is 32.7 Å². The number of halogens is 1. The fourth-order valence-electron chi connectivity index (χ4n) is 3.60. The maximum absolute atomic E-state index is 13.2. The monoisotopic (exact) mass is 403 g/mol. The fourth-order valence-corrected chi connectivity index (χ4v) is 3.87. The van der Waals surface area contributed by atoms with Gasteiger partial charge in [0.15, 0.2) is 11.5 Å². The van der Waals surface area contributed by atoms with Crippen molar-refractivity contribution in [1.29, 1.82) is 0 Å². The highest BCUT2D eigenvalue weighted by atomic mass is 35.5. The van der Waals surface area contributed by atoms with Gasteiger partial charge in [-0.2, -0.15) is 0 Å². The van der Waals surface area contributed by atoms with Crippen molar-refractivity contribution >= 4 is 17.5 Å². The maximum Gasteiger partial charge on any atom is 0.254 e. The summed E-state index contributed by atoms with van der Waals surface area (Å²) in [7, 11) is 1.54. The van der Waals surface area contributed by atoms with E-state index in [1.54, 1.807) is 19.2 Å². The number of methoxy groups -OCH3 is 1. The first-order valence-electron chi connectivity index (χ1n) is 9.63. The van der Waals surface area contributed by atoms with Gasteiger partial charge in [-0.15, -0.1) is 0 Å². The van der Waals surface area contributed by atoms with Crippen LogP contribution < -0.4 is 14.2 Å². The van der Waals surface area contributed by atoms with Crippen molar-refractivity contribution in [1.82, 2.24) is 4.90 Å². The largest absolute Gasteiger partial charge is 0.494 e. The summed E-state index contributed by atoms with van der Waals surface area (Å²) in [5.74, 6) is 1.71. The molecule has 2 aromatic rings. The lowest BCUT2D eigenvalue weighted by Gasteiger charge is -2.26. The molecule has 1 heterocycles. The number of ether oxygens (including phenoxy) is 3. The Hall–Kier alpha value is -2.40. The zero-order valence-corrected chi connectivity index (χ0v) is 17.3. The minimum atomic E-state index is -0.0559. The molecule has 0 N–H and O–H groups in total. The predicted octanol–water partition coefficient (Wildman–Crippen LogP) is 5.12. The van der Waals surface area contributed by atoms with Gasteiger partial charge < -0.3 is 19.1 Å². The molecule has 2 aromatic carbocycles. The van der Waals surface area contributed by atoms with E-state index in [2.05, 4.69) is 0 Å². The second kappa shape index (κ2) is 9.20. The van der Waals surface area contributed by atoms with Crippen molar-refractivity contribution in [3.63, 3.8) is 0 Å². The first kappa shape index (κ1) is 20.3. The van der Waals surface area contributed by atoms with Crippen molar-refractivity contribution in [3.05, 3.63) is 52.5 Å². The number of carbonyl (C=O) groups excluding carboxylic acids is 1. The van der Waals surface area contributed by atoms with E-state index in [1.165, 1.54) is 0 Å². The number of benzene rings is 2. The van der Waals surface area contributed by atoms with E-state index in [0.717, 1.165) is 24.2 Å². The molecule has 1 aliphatic rings. The number of amides is 1. The van der Waals surface area contributed by atoms with Crippen LogP contribution >= 0.6 is 11.6 Å². The smallest absolute Gasteiger partial charge is 0.254 e. The van der Waals surface area contributed by atoms with Gasteiger partial charge in [-0.1, -0.05) is 23.7 Å². The van der Waals surface area contributed by atoms with E-state index < -0.39 is 0 Å². The number of carbonyl (C=O) groups is 1. The summed E-state index contributed by atoms with van der Waals surface area (Å²) in [6, 6.07) is 11.4. The summed E-state index contributed by atoms with van der Waals surface area (Å²) in [5.41, 5.74) is 1.61. The van der Waals surface area contributed by atoms with Crippen LogP contribution in [-0.4, -0.2) is 37.7 Å². The van der Waals surface area contributed by atoms with Gasteiger partial charge in [0.1, 0.15) is 5.75 Å². The molecule has 0 saturated carbocycles. The molecule has 1 aliphatic heterocycles. The standard InChI is InChI=1S/C22H26ClNO4/c1-4-27-17-10-8-15(9-11-17)19-7-6-12-24(19)22(25)16-13-18(23)21(28-5-2)20(14-16)26-3/h8-11,13-14,19H,4-7,12H2,1-3H3/t19-/m1/s1. The Bertz CT molecular complexity index is 822. The summed E-state index contributed by atoms with van der Waals surface area (Å²) in [6.45, 7) is 5.65. The van der Waals surface area contributed by atoms with Crippen LogP contribution in [0.5, 0.6) is 17.2 Å². The second-order valence-corrected chi connectivity index (χ2v) is 6.99. The van der Waals surface area contributed by atoms with Gasteiger partial charge >= 0.3 is 0 Å². The van der Waals surface area contributed by atoms with Crippen LogP contribution in [0.25, 0.3) is 0 Å². The quantitative estimate of drug-likeness (QED) is 0.643. The van der Waals surface area contributed by atoms with E-state index in [0.29, 0.717) is 41.8 Å². The maximum atomic E-state index is 13.2. The molecule has 3 rings (SSSR count). The second-order valence-electron chi connectivity index (χ2n) is 6.58. The Labute approximate surface area is 171 Å². The first-order chi connectivity index (χ1) is 13.6. The van der Waals surface area contributed by atoms with Crippen LogP contribution in [0.1, 0.15) is 48.7 Å². The highest BCUT2D eigenvalue weighted by Crippen LogP contribution is 2.39. The molecule has 1 saturated heterocycles. The van der Waals surface area contributed by atoms with Crippen LogP contribution in [0, 0.1) is 0 Å². The minimum Gasteiger partial charge on any atom is -0.494 e. The number of hydrogen-bond acceptors (Lipinski definition) is 4. The molecule has 1 fully saturated rings. The van der Waals surface area contributed by atoms with Gasteiger partial charge in [-0.3, -0.25) is 4.79 Å². The summed E-state index contributed by atoms with van der Waals surface area (Å²) < 4.78 is 16.4. The molecular formula is C22H26ClNO4. The van der Waals surface area contributed by atoms with Gasteiger partial charge in [0.05, 0.1) is 31.4 Å². The Balaban J connectivity index is 1.85. The highest BCUT2D eigenvalue weighted by molar-refractivity contribution is 6.32. The number of likely N-dealkylation sites (tertiary alicyclic amines) is 1. The number of rotatable bonds is 7. The molecular weight excluding hydrogens is 378 g/mol. The van der Waals surface area contributed by atoms with Crippen LogP contribution in [-0.2, 0) is 0 Å². The third kappa shape index (κ3) is 4.20. The third-order valence-electron chi connectivity index (χ3n) is 4.85. The van der Waals surface area contributed by atoms with Crippen LogP contribution in [0.2, 0.25) is 5.02 Å². The Kier molecular flexibility index (Phi) is 6.68. The summed E-state index contributed by atoms with van der Waals surface area (Å²) >= 11 is 6.35. The SMILES string of the molecule is CCOc1ccc([C@H]2CCCN2C(=O)c2cc(Cl)c(OCC)c(OC)c2)cc1. The highest BCUT2D eigenvalue weighted by Gasteiger charge is 2.31. The molecule has 6 heteroatoms. The molecule has 1 amide bonds. The van der Waals surface area contributed by atoms with E-state index in [-0.39, 0.29) is 11.9 Å². The van der Waals surface area contributed by atoms with Crippen molar-refractivity contribution in [2.75, 3.05) is 26.9 Å². The fraction of sp³-hybridized carbons (Fsp3) is 0.409. The molecule has 0 radical (unpaired) electrons. The number of nitrogens with zero attached hydrogens (tertiary/aromatic N) is 1. The van der Waals surface area contributed by atoms with Gasteiger partial charge in [-0.05, 0) is 56.5 Å². The van der Waals surface area contributed by atoms with E-state index in [9.17, 15) is 4.79 Å². The molecule has 0 spiro atoms. The minimum absolute atomic E-state index is 0.0412. The zero-order chi connectivity index (χ0) is 20.1. The van der Waals surface area contributed by atoms with Gasteiger partial charge in [0.2, 0.25) is 0 Å². The average molecular weight is 404 g/mol.